The Bertz CT molecular complexity index is 812. The van der Waals surface area contributed by atoms with E-state index < -0.39 is 4.92 Å². The summed E-state index contributed by atoms with van der Waals surface area (Å²) in [5.74, 6) is 1.31. The summed E-state index contributed by atoms with van der Waals surface area (Å²) in [6, 6.07) is 7.43. The minimum Gasteiger partial charge on any atom is -0.396 e. The van der Waals surface area contributed by atoms with Crippen molar-refractivity contribution in [3.63, 3.8) is 0 Å². The Balaban J connectivity index is 1.64. The normalized spacial score (nSPS) is 19.2. The first-order valence-corrected chi connectivity index (χ1v) is 9.78. The minimum absolute atomic E-state index is 0.146. The van der Waals surface area contributed by atoms with Gasteiger partial charge in [0.05, 0.1) is 4.92 Å². The van der Waals surface area contributed by atoms with E-state index in [4.69, 9.17) is 11.6 Å². The monoisotopic (exact) mass is 405 g/mol. The lowest BCUT2D eigenvalue weighted by atomic mass is 9.82. The molecular weight excluding hydrogens is 382 g/mol. The molecule has 0 spiro atoms. The van der Waals surface area contributed by atoms with E-state index in [2.05, 4.69) is 20.6 Å². The van der Waals surface area contributed by atoms with Crippen LogP contribution in [0.2, 0.25) is 5.02 Å². The highest BCUT2D eigenvalue weighted by Crippen LogP contribution is 2.30. The van der Waals surface area contributed by atoms with Crippen LogP contribution >= 0.6 is 11.6 Å². The molecule has 0 aliphatic heterocycles. The largest absolute Gasteiger partial charge is 0.396 e. The number of aliphatic hydroxyl groups is 1. The van der Waals surface area contributed by atoms with Crippen LogP contribution in [0.5, 0.6) is 0 Å². The van der Waals surface area contributed by atoms with E-state index >= 15 is 0 Å². The summed E-state index contributed by atoms with van der Waals surface area (Å²) < 4.78 is 0. The third-order valence-corrected chi connectivity index (χ3v) is 5.51. The van der Waals surface area contributed by atoms with Crippen molar-refractivity contribution in [1.29, 1.82) is 0 Å². The van der Waals surface area contributed by atoms with Crippen molar-refractivity contribution in [2.45, 2.75) is 32.2 Å². The molecule has 2 aromatic rings. The van der Waals surface area contributed by atoms with Crippen molar-refractivity contribution in [2.75, 3.05) is 23.8 Å². The highest BCUT2D eigenvalue weighted by Gasteiger charge is 2.23. The number of nitrogens with one attached hydrogen (secondary N) is 2. The fourth-order valence-corrected chi connectivity index (χ4v) is 3.60. The molecule has 8 nitrogen and oxygen atoms in total. The number of hydrogen-bond donors (Lipinski definition) is 3. The van der Waals surface area contributed by atoms with Crippen LogP contribution in [0.15, 0.2) is 30.5 Å². The summed E-state index contributed by atoms with van der Waals surface area (Å²) in [5, 5.41) is 27.4. The first-order valence-electron chi connectivity index (χ1n) is 9.40. The summed E-state index contributed by atoms with van der Waals surface area (Å²) in [6.07, 6.45) is 5.18. The highest BCUT2D eigenvalue weighted by molar-refractivity contribution is 6.31. The Hall–Kier alpha value is -2.45. The molecular formula is C19H24ClN5O3. The third-order valence-electron chi connectivity index (χ3n) is 5.14. The molecule has 150 valence electrons. The molecule has 0 amide bonds. The molecule has 0 unspecified atom stereocenters. The van der Waals surface area contributed by atoms with Crippen molar-refractivity contribution in [3.05, 3.63) is 51.2 Å². The van der Waals surface area contributed by atoms with Gasteiger partial charge in [-0.25, -0.2) is 4.98 Å². The van der Waals surface area contributed by atoms with Crippen LogP contribution in [0, 0.1) is 22.0 Å². The predicted octanol–water partition coefficient (Wildman–Crippen LogP) is 3.86. The summed E-state index contributed by atoms with van der Waals surface area (Å²) in [4.78, 5) is 19.2. The quantitative estimate of drug-likeness (QED) is 0.451. The van der Waals surface area contributed by atoms with E-state index in [1.807, 2.05) is 18.2 Å². The SMILES string of the molecule is O=[N+]([O-])c1cnc(NCc2ccccc2Cl)nc1NC[C@H]1CC[C@H](CO)CC1. The molecule has 1 aromatic carbocycles. The fourth-order valence-electron chi connectivity index (χ4n) is 3.40. The van der Waals surface area contributed by atoms with Crippen LogP contribution in [0.1, 0.15) is 31.2 Å². The van der Waals surface area contributed by atoms with E-state index in [1.165, 1.54) is 6.20 Å². The van der Waals surface area contributed by atoms with Crippen LogP contribution in [0.25, 0.3) is 0 Å². The van der Waals surface area contributed by atoms with E-state index in [-0.39, 0.29) is 18.1 Å². The second-order valence-electron chi connectivity index (χ2n) is 7.08. The van der Waals surface area contributed by atoms with Gasteiger partial charge >= 0.3 is 5.69 Å². The number of hydrogen-bond acceptors (Lipinski definition) is 7. The smallest absolute Gasteiger partial charge is 0.329 e. The van der Waals surface area contributed by atoms with Crippen molar-refractivity contribution in [3.8, 4) is 0 Å². The lowest BCUT2D eigenvalue weighted by Gasteiger charge is -2.27. The average Bonchev–Trinajstić information content (AvgIpc) is 2.72. The van der Waals surface area contributed by atoms with Gasteiger partial charge < -0.3 is 15.7 Å². The standard InChI is InChI=1S/C19H24ClN5O3/c20-16-4-2-1-3-15(16)10-22-19-23-11-17(25(27)28)18(24-19)21-9-13-5-7-14(12-26)8-6-13/h1-4,11,13-14,26H,5-10,12H2,(H2,21,22,23,24)/t13-,14-. The molecule has 3 rings (SSSR count). The van der Waals surface area contributed by atoms with Gasteiger partial charge in [-0.3, -0.25) is 10.1 Å². The fraction of sp³-hybridized carbons (Fsp3) is 0.474. The number of benzene rings is 1. The summed E-state index contributed by atoms with van der Waals surface area (Å²) >= 11 is 6.15. The Morgan fingerprint density at radius 2 is 1.89 bits per heavy atom. The molecule has 1 heterocycles. The van der Waals surface area contributed by atoms with Crippen LogP contribution < -0.4 is 10.6 Å². The molecule has 0 radical (unpaired) electrons. The number of halogens is 1. The molecule has 1 aliphatic rings. The maximum absolute atomic E-state index is 11.3. The molecule has 1 fully saturated rings. The van der Waals surface area contributed by atoms with Gasteiger partial charge in [0.1, 0.15) is 6.20 Å². The van der Waals surface area contributed by atoms with Crippen LogP contribution in [0.3, 0.4) is 0 Å². The number of aliphatic hydroxyl groups excluding tert-OH is 1. The van der Waals surface area contributed by atoms with E-state index in [0.29, 0.717) is 35.9 Å². The van der Waals surface area contributed by atoms with Crippen molar-refractivity contribution in [2.24, 2.45) is 11.8 Å². The van der Waals surface area contributed by atoms with E-state index in [9.17, 15) is 15.2 Å². The minimum atomic E-state index is -0.483. The van der Waals surface area contributed by atoms with Crippen LogP contribution in [-0.2, 0) is 6.54 Å². The summed E-state index contributed by atoms with van der Waals surface area (Å²) in [7, 11) is 0. The first kappa shape index (κ1) is 20.3. The number of nitrogens with zero attached hydrogens (tertiary/aromatic N) is 3. The number of aromatic nitrogens is 2. The van der Waals surface area contributed by atoms with E-state index in [0.717, 1.165) is 31.2 Å². The Morgan fingerprint density at radius 3 is 2.57 bits per heavy atom. The Labute approximate surface area is 168 Å². The van der Waals surface area contributed by atoms with Gasteiger partial charge in [-0.05, 0) is 49.1 Å². The molecule has 0 atom stereocenters. The second-order valence-corrected chi connectivity index (χ2v) is 7.49. The zero-order chi connectivity index (χ0) is 19.9. The molecule has 1 aliphatic carbocycles. The molecule has 0 saturated heterocycles. The molecule has 3 N–H and O–H groups in total. The number of nitro groups is 1. The lowest BCUT2D eigenvalue weighted by Crippen LogP contribution is -2.23. The van der Waals surface area contributed by atoms with Crippen LogP contribution in [0.4, 0.5) is 17.5 Å². The second kappa shape index (κ2) is 9.66. The van der Waals surface area contributed by atoms with Crippen molar-refractivity contribution in [1.82, 2.24) is 9.97 Å². The van der Waals surface area contributed by atoms with Crippen molar-refractivity contribution < 1.29 is 10.0 Å². The van der Waals surface area contributed by atoms with Crippen molar-refractivity contribution >= 4 is 29.1 Å². The summed E-state index contributed by atoms with van der Waals surface area (Å²) in [5.41, 5.74) is 0.744. The van der Waals surface area contributed by atoms with Gasteiger partial charge in [0.15, 0.2) is 0 Å². The highest BCUT2D eigenvalue weighted by atomic mass is 35.5. The topological polar surface area (TPSA) is 113 Å². The zero-order valence-electron chi connectivity index (χ0n) is 15.5. The summed E-state index contributed by atoms with van der Waals surface area (Å²) in [6.45, 7) is 1.26. The predicted molar refractivity (Wildman–Crippen MR) is 108 cm³/mol. The van der Waals surface area contributed by atoms with Gasteiger partial charge in [0, 0.05) is 24.7 Å². The Kier molecular flexibility index (Phi) is 7.00. The Morgan fingerprint density at radius 1 is 1.18 bits per heavy atom. The van der Waals surface area contributed by atoms with Gasteiger partial charge in [0.2, 0.25) is 11.8 Å². The van der Waals surface area contributed by atoms with Gasteiger partial charge in [-0.1, -0.05) is 29.8 Å². The number of anilines is 2. The molecule has 1 saturated carbocycles. The van der Waals surface area contributed by atoms with Crippen LogP contribution in [-0.4, -0.2) is 33.1 Å². The van der Waals surface area contributed by atoms with Gasteiger partial charge in [-0.15, -0.1) is 0 Å². The molecule has 0 bridgehead atoms. The zero-order valence-corrected chi connectivity index (χ0v) is 16.2. The van der Waals surface area contributed by atoms with Gasteiger partial charge in [-0.2, -0.15) is 4.98 Å². The number of rotatable bonds is 8. The maximum Gasteiger partial charge on any atom is 0.329 e. The molecule has 9 heteroatoms. The average molecular weight is 406 g/mol. The first-order chi connectivity index (χ1) is 13.6. The van der Waals surface area contributed by atoms with Gasteiger partial charge in [0.25, 0.3) is 0 Å². The third kappa shape index (κ3) is 5.30. The molecule has 1 aromatic heterocycles. The molecule has 28 heavy (non-hydrogen) atoms. The van der Waals surface area contributed by atoms with E-state index in [1.54, 1.807) is 6.07 Å². The maximum atomic E-state index is 11.3. The lowest BCUT2D eigenvalue weighted by molar-refractivity contribution is -0.384.